The second kappa shape index (κ2) is 11.6. The number of hydrogen-bond donors (Lipinski definition) is 0. The number of rotatable bonds is 8. The minimum atomic E-state index is -0.366. The van der Waals surface area contributed by atoms with Gasteiger partial charge in [-0.3, -0.25) is 9.59 Å². The molecule has 0 atom stereocenters. The predicted octanol–water partition coefficient (Wildman–Crippen LogP) is 8.29. The molecule has 0 saturated carbocycles. The third kappa shape index (κ3) is 6.28. The van der Waals surface area contributed by atoms with Crippen molar-refractivity contribution in [1.29, 1.82) is 0 Å². The van der Waals surface area contributed by atoms with Crippen LogP contribution < -0.4 is 4.74 Å². The average Bonchev–Trinajstić information content (AvgIpc) is 2.89. The lowest BCUT2D eigenvalue weighted by Crippen LogP contribution is -2.44. The van der Waals surface area contributed by atoms with Crippen LogP contribution in [0.4, 0.5) is 0 Å². The van der Waals surface area contributed by atoms with Gasteiger partial charge in [0.25, 0.3) is 0 Å². The first-order valence-corrected chi connectivity index (χ1v) is 15.1. The van der Waals surface area contributed by atoms with Crippen molar-refractivity contribution in [2.75, 3.05) is 20.3 Å². The van der Waals surface area contributed by atoms with E-state index >= 15 is 0 Å². The summed E-state index contributed by atoms with van der Waals surface area (Å²) >= 11 is 12.2. The molecule has 0 fully saturated rings. The van der Waals surface area contributed by atoms with Crippen molar-refractivity contribution in [3.8, 4) is 5.75 Å². The predicted molar refractivity (Wildman–Crippen MR) is 163 cm³/mol. The lowest BCUT2D eigenvalue weighted by Gasteiger charge is -2.49. The highest BCUT2D eigenvalue weighted by molar-refractivity contribution is 6.42. The Bertz CT molecular complexity index is 1370. The quantitative estimate of drug-likeness (QED) is 0.287. The Morgan fingerprint density at radius 1 is 0.829 bits per heavy atom. The molecule has 218 valence electrons. The topological polar surface area (TPSA) is 55.8 Å². The Balaban J connectivity index is 1.53. The highest BCUT2D eigenvalue weighted by atomic mass is 35.5. The van der Waals surface area contributed by atoms with Gasteiger partial charge in [0, 0.05) is 61.6 Å². The van der Waals surface area contributed by atoms with E-state index in [0.29, 0.717) is 41.9 Å². The van der Waals surface area contributed by atoms with E-state index in [1.165, 1.54) is 0 Å². The number of Topliss-reactive ketones (excluding diaryl/α,β-unsaturated/α-hetero) is 2. The van der Waals surface area contributed by atoms with Crippen LogP contribution in [0.25, 0.3) is 0 Å². The van der Waals surface area contributed by atoms with Gasteiger partial charge in [-0.25, -0.2) is 0 Å². The molecule has 0 unspecified atom stereocenters. The summed E-state index contributed by atoms with van der Waals surface area (Å²) in [6.07, 6.45) is 3.37. The van der Waals surface area contributed by atoms with Gasteiger partial charge < -0.3 is 14.4 Å². The van der Waals surface area contributed by atoms with Crippen molar-refractivity contribution in [3.63, 3.8) is 0 Å². The molecule has 2 aromatic carbocycles. The normalized spacial score (nSPS) is 20.3. The van der Waals surface area contributed by atoms with Crippen LogP contribution in [0.15, 0.2) is 65.0 Å². The molecule has 0 bridgehead atoms. The first-order chi connectivity index (χ1) is 19.4. The summed E-state index contributed by atoms with van der Waals surface area (Å²) in [4.78, 5) is 30.1. The number of ketones is 2. The summed E-state index contributed by atoms with van der Waals surface area (Å²) in [5.74, 6) is 0.617. The maximum atomic E-state index is 13.9. The molecule has 2 aromatic rings. The Hall–Kier alpha value is -2.60. The number of halogens is 2. The fourth-order valence-electron chi connectivity index (χ4n) is 6.57. The fraction of sp³-hybridized carbons (Fsp3) is 0.471. The molecule has 2 aliphatic carbocycles. The number of nitrogens with zero attached hydrogens (tertiary/aromatic N) is 1. The third-order valence-electron chi connectivity index (χ3n) is 8.35. The monoisotopic (exact) mass is 595 g/mol. The molecule has 3 aliphatic rings. The largest absolute Gasteiger partial charge is 0.489 e. The van der Waals surface area contributed by atoms with Crippen molar-refractivity contribution < 1.29 is 19.1 Å². The van der Waals surface area contributed by atoms with E-state index in [9.17, 15) is 9.59 Å². The molecule has 1 heterocycles. The molecule has 0 saturated heterocycles. The highest BCUT2D eigenvalue weighted by Gasteiger charge is 2.48. The Morgan fingerprint density at radius 2 is 1.41 bits per heavy atom. The summed E-state index contributed by atoms with van der Waals surface area (Å²) in [6.45, 7) is 10.4. The van der Waals surface area contributed by atoms with E-state index in [-0.39, 0.29) is 28.3 Å². The molecule has 0 aromatic heterocycles. The molecule has 0 N–H and O–H groups in total. The van der Waals surface area contributed by atoms with Crippen LogP contribution in [0, 0.1) is 10.8 Å². The van der Waals surface area contributed by atoms with E-state index < -0.39 is 0 Å². The van der Waals surface area contributed by atoms with Crippen LogP contribution in [0.2, 0.25) is 10.0 Å². The Morgan fingerprint density at radius 3 is 1.95 bits per heavy atom. The molecule has 5 rings (SSSR count). The number of carbonyl (C=O) groups excluding carboxylic acids is 2. The van der Waals surface area contributed by atoms with E-state index in [1.54, 1.807) is 19.2 Å². The summed E-state index contributed by atoms with van der Waals surface area (Å²) in [5, 5.41) is 0.999. The zero-order valence-corrected chi connectivity index (χ0v) is 26.1. The second-order valence-corrected chi connectivity index (χ2v) is 14.0. The number of benzene rings is 2. The minimum Gasteiger partial charge on any atom is -0.489 e. The van der Waals surface area contributed by atoms with Crippen molar-refractivity contribution in [2.24, 2.45) is 10.8 Å². The zero-order chi connectivity index (χ0) is 29.5. The average molecular weight is 597 g/mol. The number of ether oxygens (including phenoxy) is 2. The van der Waals surface area contributed by atoms with Crippen molar-refractivity contribution >= 4 is 34.8 Å². The first-order valence-electron chi connectivity index (χ1n) is 14.3. The summed E-state index contributed by atoms with van der Waals surface area (Å²) in [6, 6.07) is 13.3. The first kappa shape index (κ1) is 29.9. The summed E-state index contributed by atoms with van der Waals surface area (Å²) in [5.41, 5.74) is 5.32. The van der Waals surface area contributed by atoms with Gasteiger partial charge in [-0.2, -0.15) is 0 Å². The van der Waals surface area contributed by atoms with Gasteiger partial charge in [0.2, 0.25) is 0 Å². The van der Waals surface area contributed by atoms with Crippen LogP contribution in [-0.2, 0) is 20.9 Å². The van der Waals surface area contributed by atoms with Crippen LogP contribution in [0.1, 0.15) is 76.8 Å². The molecule has 7 heteroatoms. The van der Waals surface area contributed by atoms with Crippen LogP contribution in [-0.4, -0.2) is 36.7 Å². The molecule has 0 spiro atoms. The Labute approximate surface area is 253 Å². The fourth-order valence-corrected chi connectivity index (χ4v) is 6.89. The smallest absolute Gasteiger partial charge is 0.162 e. The molecule has 41 heavy (non-hydrogen) atoms. The van der Waals surface area contributed by atoms with Gasteiger partial charge in [-0.05, 0) is 65.5 Å². The summed E-state index contributed by atoms with van der Waals surface area (Å²) in [7, 11) is 1.71. The van der Waals surface area contributed by atoms with Gasteiger partial charge >= 0.3 is 0 Å². The summed E-state index contributed by atoms with van der Waals surface area (Å²) < 4.78 is 11.4. The Kier molecular flexibility index (Phi) is 8.44. The maximum absolute atomic E-state index is 13.9. The van der Waals surface area contributed by atoms with Gasteiger partial charge in [-0.1, -0.05) is 69.1 Å². The van der Waals surface area contributed by atoms with Crippen molar-refractivity contribution in [2.45, 2.75) is 72.3 Å². The van der Waals surface area contributed by atoms with Crippen LogP contribution in [0.5, 0.6) is 5.75 Å². The maximum Gasteiger partial charge on any atom is 0.162 e. The minimum absolute atomic E-state index is 0.141. The highest BCUT2D eigenvalue weighted by Crippen LogP contribution is 2.54. The standard InChI is InChI=1S/C34H39Cl2NO4/c1-33(2)16-26-31(28(38)18-33)30(32-27(37(26)13-6-14-40-5)17-34(3,4)19-29(32)39)22-8-10-23(11-9-22)41-20-21-7-12-24(35)25(36)15-21/h7-12,15,30H,6,13-14,16-20H2,1-5H3. The lowest BCUT2D eigenvalue weighted by molar-refractivity contribution is -0.119. The molecule has 1 aliphatic heterocycles. The number of hydrogen-bond acceptors (Lipinski definition) is 5. The molecule has 5 nitrogen and oxygen atoms in total. The number of methoxy groups -OCH3 is 1. The van der Waals surface area contributed by atoms with E-state index in [2.05, 4.69) is 32.6 Å². The van der Waals surface area contributed by atoms with Crippen LogP contribution in [0.3, 0.4) is 0 Å². The van der Waals surface area contributed by atoms with Gasteiger partial charge in [0.15, 0.2) is 11.6 Å². The third-order valence-corrected chi connectivity index (χ3v) is 9.09. The van der Waals surface area contributed by atoms with E-state index in [1.807, 2.05) is 30.3 Å². The van der Waals surface area contributed by atoms with Gasteiger partial charge in [-0.15, -0.1) is 0 Å². The van der Waals surface area contributed by atoms with Crippen LogP contribution >= 0.6 is 23.2 Å². The van der Waals surface area contributed by atoms with Crippen molar-refractivity contribution in [3.05, 3.63) is 86.2 Å². The molecular formula is C34H39Cl2NO4. The SMILES string of the molecule is COCCCN1C2=C(C(=O)CC(C)(C)C2)C(c2ccc(OCc3ccc(Cl)c(Cl)c3)cc2)C2=C1CC(C)(C)CC2=O. The van der Waals surface area contributed by atoms with Crippen molar-refractivity contribution in [1.82, 2.24) is 4.90 Å². The van der Waals surface area contributed by atoms with E-state index in [0.717, 1.165) is 59.5 Å². The zero-order valence-electron chi connectivity index (χ0n) is 24.6. The van der Waals surface area contributed by atoms with E-state index in [4.69, 9.17) is 32.7 Å². The van der Waals surface area contributed by atoms with Gasteiger partial charge in [0.05, 0.1) is 10.0 Å². The number of allylic oxidation sites excluding steroid dienone is 4. The molecular weight excluding hydrogens is 557 g/mol. The second-order valence-electron chi connectivity index (χ2n) is 13.1. The molecule has 0 amide bonds. The number of carbonyl (C=O) groups is 2. The van der Waals surface area contributed by atoms with Gasteiger partial charge in [0.1, 0.15) is 12.4 Å². The molecule has 0 radical (unpaired) electrons. The lowest BCUT2D eigenvalue weighted by atomic mass is 9.63.